The fourth-order valence-corrected chi connectivity index (χ4v) is 1.95. The van der Waals surface area contributed by atoms with E-state index >= 15 is 0 Å². The van der Waals surface area contributed by atoms with Gasteiger partial charge in [0.15, 0.2) is 0 Å². The highest BCUT2D eigenvalue weighted by molar-refractivity contribution is 7.87. The Kier molecular flexibility index (Phi) is 3.29. The molecule has 3 heteroatoms. The highest BCUT2D eigenvalue weighted by Gasteiger charge is 2.08. The maximum atomic E-state index is 11.4. The molecule has 0 N–H and O–H groups in total. The van der Waals surface area contributed by atoms with Crippen LogP contribution in [0.25, 0.3) is 0 Å². The topological polar surface area (TPSA) is 17.1 Å². The lowest BCUT2D eigenvalue weighted by atomic mass is 10.2. The highest BCUT2D eigenvalue weighted by Crippen LogP contribution is 2.14. The molecule has 0 amide bonds. The van der Waals surface area contributed by atoms with Crippen molar-refractivity contribution in [3.63, 3.8) is 0 Å². The fraction of sp³-hybridized carbons (Fsp3) is 0.333. The Labute approximate surface area is 80.2 Å². The Morgan fingerprint density at radius 1 is 1.33 bits per heavy atom. The molecule has 0 bridgehead atoms. The summed E-state index contributed by atoms with van der Waals surface area (Å²) in [5.41, 5.74) is 1.16. The third-order valence-corrected chi connectivity index (χ3v) is 3.36. The molecular formula is C9H11ClOS. The maximum Gasteiger partial charge on any atom is 0.110 e. The third-order valence-electron chi connectivity index (χ3n) is 1.55. The summed E-state index contributed by atoms with van der Waals surface area (Å²) in [7, 11) is -1.08. The zero-order valence-electron chi connectivity index (χ0n) is 7.08. The monoisotopic (exact) mass is 202 g/mol. The minimum atomic E-state index is -1.08. The van der Waals surface area contributed by atoms with Crippen molar-refractivity contribution in [3.05, 3.63) is 29.8 Å². The van der Waals surface area contributed by atoms with E-state index in [1.807, 2.05) is 31.2 Å². The van der Waals surface area contributed by atoms with Crippen LogP contribution in [-0.2, 0) is 10.8 Å². The zero-order valence-corrected chi connectivity index (χ0v) is 8.65. The Balaban J connectivity index is 2.90. The predicted molar refractivity (Wildman–Crippen MR) is 52.9 cm³/mol. The Morgan fingerprint density at radius 2 is 1.83 bits per heavy atom. The standard InChI is InChI=1S/C9H11ClOS/c1-7-3-5-9(6-4-7)12(11)8(2)10/h3-6,8H,1-2H3/t8?,12-/m0/s1. The van der Waals surface area contributed by atoms with E-state index in [2.05, 4.69) is 0 Å². The number of benzene rings is 1. The fourth-order valence-electron chi connectivity index (χ4n) is 0.860. The summed E-state index contributed by atoms with van der Waals surface area (Å²) in [6.07, 6.45) is 0. The lowest BCUT2D eigenvalue weighted by molar-refractivity contribution is 0.682. The summed E-state index contributed by atoms with van der Waals surface area (Å²) in [5.74, 6) is 0. The first-order valence-electron chi connectivity index (χ1n) is 3.72. The van der Waals surface area contributed by atoms with Crippen LogP contribution in [0, 0.1) is 6.92 Å². The lowest BCUT2D eigenvalue weighted by Gasteiger charge is -2.03. The van der Waals surface area contributed by atoms with Crippen LogP contribution in [0.3, 0.4) is 0 Å². The third kappa shape index (κ3) is 2.32. The van der Waals surface area contributed by atoms with E-state index in [9.17, 15) is 4.21 Å². The molecule has 0 aliphatic heterocycles. The molecule has 1 nitrogen and oxygen atoms in total. The van der Waals surface area contributed by atoms with E-state index in [4.69, 9.17) is 11.6 Å². The first-order valence-corrected chi connectivity index (χ1v) is 5.37. The van der Waals surface area contributed by atoms with E-state index < -0.39 is 10.8 Å². The number of hydrogen-bond acceptors (Lipinski definition) is 1. The Hall–Kier alpha value is -0.340. The highest BCUT2D eigenvalue weighted by atomic mass is 35.5. The summed E-state index contributed by atoms with van der Waals surface area (Å²) >= 11 is 5.70. The van der Waals surface area contributed by atoms with Gasteiger partial charge in [-0.1, -0.05) is 17.7 Å². The average Bonchev–Trinajstić information content (AvgIpc) is 2.04. The molecule has 66 valence electrons. The normalized spacial score (nSPS) is 15.6. The molecule has 0 fully saturated rings. The number of alkyl halides is 1. The van der Waals surface area contributed by atoms with Gasteiger partial charge in [0.05, 0.1) is 10.8 Å². The Bertz CT molecular complexity index is 279. The van der Waals surface area contributed by atoms with Crippen LogP contribution < -0.4 is 0 Å². The van der Waals surface area contributed by atoms with Gasteiger partial charge < -0.3 is 0 Å². The molecule has 1 aromatic carbocycles. The number of aryl methyl sites for hydroxylation is 1. The Morgan fingerprint density at radius 3 is 2.25 bits per heavy atom. The van der Waals surface area contributed by atoms with Crippen LogP contribution in [-0.4, -0.2) is 8.92 Å². The molecule has 1 aromatic rings. The first kappa shape index (κ1) is 9.75. The summed E-state index contributed by atoms with van der Waals surface area (Å²) in [6, 6.07) is 7.58. The van der Waals surface area contributed by atoms with Gasteiger partial charge in [0, 0.05) is 4.90 Å². The van der Waals surface area contributed by atoms with E-state index in [0.29, 0.717) is 0 Å². The van der Waals surface area contributed by atoms with Gasteiger partial charge >= 0.3 is 0 Å². The second-order valence-electron chi connectivity index (χ2n) is 2.65. The minimum absolute atomic E-state index is 0.326. The summed E-state index contributed by atoms with van der Waals surface area (Å²) < 4.78 is 11.1. The molecule has 12 heavy (non-hydrogen) atoms. The number of rotatable bonds is 2. The molecule has 0 spiro atoms. The smallest absolute Gasteiger partial charge is 0.110 e. The van der Waals surface area contributed by atoms with Crippen LogP contribution in [0.4, 0.5) is 0 Å². The van der Waals surface area contributed by atoms with Gasteiger partial charge in [0.1, 0.15) is 4.71 Å². The van der Waals surface area contributed by atoms with Crippen LogP contribution >= 0.6 is 11.6 Å². The van der Waals surface area contributed by atoms with Crippen molar-refractivity contribution >= 4 is 22.4 Å². The molecular weight excluding hydrogens is 192 g/mol. The van der Waals surface area contributed by atoms with E-state index in [1.54, 1.807) is 6.92 Å². The second-order valence-corrected chi connectivity index (χ2v) is 5.34. The van der Waals surface area contributed by atoms with Crippen molar-refractivity contribution in [1.82, 2.24) is 0 Å². The van der Waals surface area contributed by atoms with Gasteiger partial charge in [-0.25, -0.2) is 0 Å². The van der Waals surface area contributed by atoms with Gasteiger partial charge in [-0.05, 0) is 26.0 Å². The molecule has 0 radical (unpaired) electrons. The quantitative estimate of drug-likeness (QED) is 0.674. The number of halogens is 1. The molecule has 0 aliphatic carbocycles. The minimum Gasteiger partial charge on any atom is -0.253 e. The molecule has 0 aromatic heterocycles. The van der Waals surface area contributed by atoms with Gasteiger partial charge in [0.25, 0.3) is 0 Å². The van der Waals surface area contributed by atoms with Crippen LogP contribution in [0.2, 0.25) is 0 Å². The predicted octanol–water partition coefficient (Wildman–Crippen LogP) is 2.69. The maximum absolute atomic E-state index is 11.4. The molecule has 1 unspecified atom stereocenters. The summed E-state index contributed by atoms with van der Waals surface area (Å²) in [5, 5.41) is 0. The van der Waals surface area contributed by atoms with Crippen molar-refractivity contribution in [2.75, 3.05) is 0 Å². The molecule has 0 saturated heterocycles. The molecule has 0 aliphatic rings. The van der Waals surface area contributed by atoms with Crippen molar-refractivity contribution < 1.29 is 4.21 Å². The van der Waals surface area contributed by atoms with Crippen LogP contribution in [0.15, 0.2) is 29.2 Å². The SMILES string of the molecule is Cc1ccc([S@@](=O)C(C)Cl)cc1. The lowest BCUT2D eigenvalue weighted by Crippen LogP contribution is -2.02. The van der Waals surface area contributed by atoms with Crippen molar-refractivity contribution in [3.8, 4) is 0 Å². The molecule has 2 atom stereocenters. The molecule has 0 saturated carbocycles. The van der Waals surface area contributed by atoms with Crippen molar-refractivity contribution in [2.24, 2.45) is 0 Å². The van der Waals surface area contributed by atoms with Gasteiger partial charge in [0.2, 0.25) is 0 Å². The second kappa shape index (κ2) is 4.06. The molecule has 1 rings (SSSR count). The zero-order chi connectivity index (χ0) is 9.14. The van der Waals surface area contributed by atoms with Crippen LogP contribution in [0.5, 0.6) is 0 Å². The van der Waals surface area contributed by atoms with Gasteiger partial charge in [-0.15, -0.1) is 11.6 Å². The average molecular weight is 203 g/mol. The molecule has 0 heterocycles. The largest absolute Gasteiger partial charge is 0.253 e. The van der Waals surface area contributed by atoms with E-state index in [-0.39, 0.29) is 4.71 Å². The van der Waals surface area contributed by atoms with Crippen molar-refractivity contribution in [1.29, 1.82) is 0 Å². The van der Waals surface area contributed by atoms with E-state index in [0.717, 1.165) is 10.5 Å². The summed E-state index contributed by atoms with van der Waals surface area (Å²) in [4.78, 5) is 0.795. The van der Waals surface area contributed by atoms with Gasteiger partial charge in [-0.2, -0.15) is 0 Å². The first-order chi connectivity index (χ1) is 5.61. The van der Waals surface area contributed by atoms with E-state index in [1.165, 1.54) is 0 Å². The number of hydrogen-bond donors (Lipinski definition) is 0. The van der Waals surface area contributed by atoms with Gasteiger partial charge in [-0.3, -0.25) is 4.21 Å². The van der Waals surface area contributed by atoms with Crippen LogP contribution in [0.1, 0.15) is 12.5 Å². The summed E-state index contributed by atoms with van der Waals surface area (Å²) in [6.45, 7) is 3.73. The van der Waals surface area contributed by atoms with Crippen molar-refractivity contribution in [2.45, 2.75) is 23.5 Å².